The monoisotopic (exact) mass is 196 g/mol. The topological polar surface area (TPSA) is 82.2 Å². The Labute approximate surface area is 81.0 Å². The van der Waals surface area contributed by atoms with Crippen molar-refractivity contribution in [1.82, 2.24) is 15.1 Å². The lowest BCUT2D eigenvalue weighted by molar-refractivity contribution is 0.0187. The van der Waals surface area contributed by atoms with Crippen molar-refractivity contribution in [3.63, 3.8) is 0 Å². The van der Waals surface area contributed by atoms with Crippen molar-refractivity contribution in [3.05, 3.63) is 12.4 Å². The number of nitrogen functional groups attached to an aromatic ring is 1. The van der Waals surface area contributed by atoms with E-state index < -0.39 is 6.10 Å². The number of carbonyl (C=O) groups is 1. The number of aromatic nitrogens is 2. The zero-order valence-corrected chi connectivity index (χ0v) is 7.64. The number of hydrogen-bond donors (Lipinski definition) is 2. The highest BCUT2D eigenvalue weighted by molar-refractivity contribution is 5.83. The van der Waals surface area contributed by atoms with Crippen LogP contribution in [-0.4, -0.2) is 41.5 Å². The van der Waals surface area contributed by atoms with Gasteiger partial charge in [0.1, 0.15) is 0 Å². The molecule has 1 atom stereocenters. The molecule has 0 bridgehead atoms. The van der Waals surface area contributed by atoms with Gasteiger partial charge in [0.05, 0.1) is 24.7 Å². The van der Waals surface area contributed by atoms with Gasteiger partial charge in [-0.05, 0) is 0 Å². The Morgan fingerprint density at radius 1 is 1.79 bits per heavy atom. The molecular weight excluding hydrogens is 184 g/mol. The van der Waals surface area contributed by atoms with Crippen molar-refractivity contribution in [2.45, 2.75) is 6.10 Å². The molecule has 6 nitrogen and oxygen atoms in total. The minimum absolute atomic E-state index is 0.186. The smallest absolute Gasteiger partial charge is 0.277 e. The van der Waals surface area contributed by atoms with Gasteiger partial charge in [0.2, 0.25) is 0 Å². The largest absolute Gasteiger partial charge is 0.396 e. The molecule has 1 fully saturated rings. The fourth-order valence-corrected chi connectivity index (χ4v) is 1.33. The number of hydrogen-bond acceptors (Lipinski definition) is 5. The molecule has 0 spiro atoms. The van der Waals surface area contributed by atoms with Gasteiger partial charge in [-0.25, -0.2) is 4.68 Å². The molecule has 1 saturated heterocycles. The summed E-state index contributed by atoms with van der Waals surface area (Å²) in [5, 5.41) is 6.90. The first-order chi connectivity index (χ1) is 6.77. The number of nitrogens with one attached hydrogen (secondary N) is 1. The second-order valence-electron chi connectivity index (χ2n) is 3.12. The van der Waals surface area contributed by atoms with Gasteiger partial charge in [0.25, 0.3) is 5.91 Å². The van der Waals surface area contributed by atoms with Crippen LogP contribution in [0.4, 0.5) is 5.69 Å². The zero-order valence-electron chi connectivity index (χ0n) is 7.64. The quantitative estimate of drug-likeness (QED) is 0.608. The van der Waals surface area contributed by atoms with E-state index in [4.69, 9.17) is 10.5 Å². The molecule has 2 rings (SSSR count). The van der Waals surface area contributed by atoms with E-state index in [1.165, 1.54) is 17.1 Å². The maximum atomic E-state index is 11.7. The predicted molar refractivity (Wildman–Crippen MR) is 49.9 cm³/mol. The van der Waals surface area contributed by atoms with E-state index in [0.29, 0.717) is 18.8 Å². The summed E-state index contributed by atoms with van der Waals surface area (Å²) >= 11 is 0. The first-order valence-electron chi connectivity index (χ1n) is 4.44. The third-order valence-corrected chi connectivity index (χ3v) is 2.03. The van der Waals surface area contributed by atoms with Crippen LogP contribution in [0, 0.1) is 0 Å². The molecule has 2 heterocycles. The maximum Gasteiger partial charge on any atom is 0.277 e. The van der Waals surface area contributed by atoms with E-state index in [2.05, 4.69) is 10.4 Å². The summed E-state index contributed by atoms with van der Waals surface area (Å²) in [6, 6.07) is 0. The van der Waals surface area contributed by atoms with E-state index in [1.807, 2.05) is 0 Å². The van der Waals surface area contributed by atoms with Gasteiger partial charge < -0.3 is 15.8 Å². The Bertz CT molecular complexity index is 330. The lowest BCUT2D eigenvalue weighted by atomic mass is 10.3. The van der Waals surface area contributed by atoms with Crippen molar-refractivity contribution in [3.8, 4) is 0 Å². The van der Waals surface area contributed by atoms with E-state index in [-0.39, 0.29) is 5.91 Å². The fraction of sp³-hybridized carbons (Fsp3) is 0.500. The van der Waals surface area contributed by atoms with Crippen molar-refractivity contribution in [2.75, 3.05) is 25.4 Å². The number of anilines is 1. The lowest BCUT2D eigenvalue weighted by Gasteiger charge is -2.21. The SMILES string of the molecule is Nc1cnn(C(=O)C2CNCCO2)c1. The van der Waals surface area contributed by atoms with Gasteiger partial charge in [-0.2, -0.15) is 5.10 Å². The third kappa shape index (κ3) is 1.75. The van der Waals surface area contributed by atoms with Gasteiger partial charge in [-0.3, -0.25) is 4.79 Å². The van der Waals surface area contributed by atoms with Crippen LogP contribution in [0.5, 0.6) is 0 Å². The van der Waals surface area contributed by atoms with Crippen LogP contribution >= 0.6 is 0 Å². The highest BCUT2D eigenvalue weighted by Gasteiger charge is 2.23. The van der Waals surface area contributed by atoms with Crippen LogP contribution in [0.3, 0.4) is 0 Å². The average Bonchev–Trinajstić information content (AvgIpc) is 2.65. The number of nitrogens with zero attached hydrogens (tertiary/aromatic N) is 2. The number of nitrogens with two attached hydrogens (primary N) is 1. The molecule has 0 radical (unpaired) electrons. The maximum absolute atomic E-state index is 11.7. The van der Waals surface area contributed by atoms with E-state index >= 15 is 0 Å². The van der Waals surface area contributed by atoms with Crippen LogP contribution in [0.1, 0.15) is 4.79 Å². The molecule has 0 aliphatic carbocycles. The molecule has 76 valence electrons. The molecule has 14 heavy (non-hydrogen) atoms. The molecule has 0 saturated carbocycles. The van der Waals surface area contributed by atoms with Crippen molar-refractivity contribution in [2.24, 2.45) is 0 Å². The van der Waals surface area contributed by atoms with Crippen molar-refractivity contribution >= 4 is 11.6 Å². The van der Waals surface area contributed by atoms with E-state index in [9.17, 15) is 4.79 Å². The highest BCUT2D eigenvalue weighted by atomic mass is 16.5. The van der Waals surface area contributed by atoms with Crippen LogP contribution < -0.4 is 11.1 Å². The zero-order chi connectivity index (χ0) is 9.97. The number of carbonyl (C=O) groups excluding carboxylic acids is 1. The van der Waals surface area contributed by atoms with Crippen LogP contribution in [-0.2, 0) is 4.74 Å². The van der Waals surface area contributed by atoms with Gasteiger partial charge in [0, 0.05) is 13.1 Å². The second-order valence-corrected chi connectivity index (χ2v) is 3.12. The molecule has 6 heteroatoms. The van der Waals surface area contributed by atoms with E-state index in [1.54, 1.807) is 0 Å². The van der Waals surface area contributed by atoms with Gasteiger partial charge in [0.15, 0.2) is 6.10 Å². The number of rotatable bonds is 1. The third-order valence-electron chi connectivity index (χ3n) is 2.03. The predicted octanol–water partition coefficient (Wildman–Crippen LogP) is -0.906. The Morgan fingerprint density at radius 2 is 2.64 bits per heavy atom. The standard InChI is InChI=1S/C8H12N4O2/c9-6-3-11-12(5-6)8(13)7-4-10-1-2-14-7/h3,5,7,10H,1-2,4,9H2. The van der Waals surface area contributed by atoms with Gasteiger partial charge >= 0.3 is 0 Å². The Balaban J connectivity index is 2.07. The summed E-state index contributed by atoms with van der Waals surface area (Å²) in [7, 11) is 0. The normalized spacial score (nSPS) is 22.1. The first-order valence-corrected chi connectivity index (χ1v) is 4.44. The molecular formula is C8H12N4O2. The van der Waals surface area contributed by atoms with Gasteiger partial charge in [-0.15, -0.1) is 0 Å². The molecule has 1 aliphatic heterocycles. The van der Waals surface area contributed by atoms with Crippen LogP contribution in [0.25, 0.3) is 0 Å². The molecule has 1 aliphatic rings. The van der Waals surface area contributed by atoms with E-state index in [0.717, 1.165) is 6.54 Å². The Morgan fingerprint density at radius 3 is 3.21 bits per heavy atom. The molecule has 0 aromatic carbocycles. The molecule has 3 N–H and O–H groups in total. The molecule has 1 unspecified atom stereocenters. The highest BCUT2D eigenvalue weighted by Crippen LogP contribution is 2.03. The Kier molecular flexibility index (Phi) is 2.47. The summed E-state index contributed by atoms with van der Waals surface area (Å²) in [6.45, 7) is 1.86. The fourth-order valence-electron chi connectivity index (χ4n) is 1.33. The summed E-state index contributed by atoms with van der Waals surface area (Å²) in [4.78, 5) is 11.7. The number of ether oxygens (including phenoxy) is 1. The lowest BCUT2D eigenvalue weighted by Crippen LogP contribution is -2.45. The van der Waals surface area contributed by atoms with Gasteiger partial charge in [-0.1, -0.05) is 0 Å². The summed E-state index contributed by atoms with van der Waals surface area (Å²) < 4.78 is 6.50. The summed E-state index contributed by atoms with van der Waals surface area (Å²) in [5.74, 6) is -0.186. The molecule has 1 aromatic heterocycles. The number of morpholine rings is 1. The second kappa shape index (κ2) is 3.77. The summed E-state index contributed by atoms with van der Waals surface area (Å²) in [5.41, 5.74) is 5.93. The first kappa shape index (κ1) is 9.17. The molecule has 1 aromatic rings. The Hall–Kier alpha value is -1.40. The minimum Gasteiger partial charge on any atom is -0.396 e. The average molecular weight is 196 g/mol. The van der Waals surface area contributed by atoms with Crippen molar-refractivity contribution < 1.29 is 9.53 Å². The van der Waals surface area contributed by atoms with Crippen LogP contribution in [0.2, 0.25) is 0 Å². The van der Waals surface area contributed by atoms with Crippen LogP contribution in [0.15, 0.2) is 12.4 Å². The molecule has 0 amide bonds. The van der Waals surface area contributed by atoms with Crippen molar-refractivity contribution in [1.29, 1.82) is 0 Å². The summed E-state index contributed by atoms with van der Waals surface area (Å²) in [6.07, 6.45) is 2.47. The minimum atomic E-state index is -0.456.